The van der Waals surface area contributed by atoms with E-state index in [0.717, 1.165) is 24.9 Å². The molecule has 0 aromatic heterocycles. The number of nitrogens with one attached hydrogen (secondary N) is 2. The summed E-state index contributed by atoms with van der Waals surface area (Å²) >= 11 is 0. The lowest BCUT2D eigenvalue weighted by Crippen LogP contribution is -2.36. The maximum absolute atomic E-state index is 11.6. The first-order chi connectivity index (χ1) is 9.24. The van der Waals surface area contributed by atoms with E-state index in [1.165, 1.54) is 0 Å². The van der Waals surface area contributed by atoms with Crippen LogP contribution in [0.15, 0.2) is 30.3 Å². The number of hydrogen-bond donors (Lipinski definition) is 2. The molecular formula is C15H19N3O. The van der Waals surface area contributed by atoms with Crippen LogP contribution in [0.25, 0.3) is 0 Å². The van der Waals surface area contributed by atoms with Crippen LogP contribution in [0.2, 0.25) is 0 Å². The molecule has 1 aliphatic rings. The molecule has 0 bridgehead atoms. The summed E-state index contributed by atoms with van der Waals surface area (Å²) in [6, 6.07) is 12.1. The summed E-state index contributed by atoms with van der Waals surface area (Å²) in [6.45, 7) is 1.64. The standard InChI is InChI=1S/C15H19N3O/c16-9-8-15(6-7-15)12-17-11-14(19)18-10-13-4-2-1-3-5-13/h1-5,17H,6-8,10-12H2,(H,18,19). The fraction of sp³-hybridized carbons (Fsp3) is 0.467. The van der Waals surface area contributed by atoms with Crippen molar-refractivity contribution in [2.45, 2.75) is 25.8 Å². The van der Waals surface area contributed by atoms with Crippen LogP contribution in [-0.2, 0) is 11.3 Å². The normalized spacial score (nSPS) is 15.5. The summed E-state index contributed by atoms with van der Waals surface area (Å²) in [7, 11) is 0. The zero-order chi connectivity index (χ0) is 13.6. The highest BCUT2D eigenvalue weighted by atomic mass is 16.1. The van der Waals surface area contributed by atoms with E-state index < -0.39 is 0 Å². The third-order valence-corrected chi connectivity index (χ3v) is 3.53. The van der Waals surface area contributed by atoms with Gasteiger partial charge in [-0.1, -0.05) is 30.3 Å². The smallest absolute Gasteiger partial charge is 0.234 e. The van der Waals surface area contributed by atoms with Gasteiger partial charge in [-0.2, -0.15) is 5.26 Å². The minimum atomic E-state index is -0.00314. The molecule has 2 rings (SSSR count). The summed E-state index contributed by atoms with van der Waals surface area (Å²) in [5.41, 5.74) is 1.24. The van der Waals surface area contributed by atoms with Crippen molar-refractivity contribution >= 4 is 5.91 Å². The molecule has 2 N–H and O–H groups in total. The summed E-state index contributed by atoms with van der Waals surface area (Å²) in [6.07, 6.45) is 2.78. The van der Waals surface area contributed by atoms with Crippen molar-refractivity contribution in [2.24, 2.45) is 5.41 Å². The first-order valence-corrected chi connectivity index (χ1v) is 6.62. The quantitative estimate of drug-likeness (QED) is 0.779. The highest BCUT2D eigenvalue weighted by molar-refractivity contribution is 5.77. The molecule has 0 spiro atoms. The second-order valence-electron chi connectivity index (χ2n) is 5.20. The highest BCUT2D eigenvalue weighted by Crippen LogP contribution is 2.47. The van der Waals surface area contributed by atoms with Gasteiger partial charge in [-0.15, -0.1) is 0 Å². The average Bonchev–Trinajstić information content (AvgIpc) is 3.18. The van der Waals surface area contributed by atoms with E-state index in [1.807, 2.05) is 30.3 Å². The van der Waals surface area contributed by atoms with Crippen LogP contribution in [0.1, 0.15) is 24.8 Å². The Bertz CT molecular complexity index is 460. The maximum Gasteiger partial charge on any atom is 0.234 e. The Hall–Kier alpha value is -1.86. The molecule has 0 unspecified atom stereocenters. The van der Waals surface area contributed by atoms with Crippen LogP contribution in [0.3, 0.4) is 0 Å². The number of nitriles is 1. The summed E-state index contributed by atoms with van der Waals surface area (Å²) < 4.78 is 0. The number of carbonyl (C=O) groups excluding carboxylic acids is 1. The van der Waals surface area contributed by atoms with E-state index in [-0.39, 0.29) is 11.3 Å². The molecule has 1 amide bonds. The lowest BCUT2D eigenvalue weighted by molar-refractivity contribution is -0.120. The van der Waals surface area contributed by atoms with Crippen LogP contribution in [0.5, 0.6) is 0 Å². The Morgan fingerprint density at radius 1 is 1.32 bits per heavy atom. The van der Waals surface area contributed by atoms with Crippen LogP contribution in [0.4, 0.5) is 0 Å². The lowest BCUT2D eigenvalue weighted by Gasteiger charge is -2.12. The Labute approximate surface area is 113 Å². The number of benzene rings is 1. The van der Waals surface area contributed by atoms with Crippen molar-refractivity contribution in [3.63, 3.8) is 0 Å². The van der Waals surface area contributed by atoms with Crippen molar-refractivity contribution in [3.8, 4) is 6.07 Å². The van der Waals surface area contributed by atoms with E-state index in [1.54, 1.807) is 0 Å². The first kappa shape index (κ1) is 13.6. The number of carbonyl (C=O) groups is 1. The van der Waals surface area contributed by atoms with Gasteiger partial charge in [0.25, 0.3) is 0 Å². The molecule has 0 aliphatic heterocycles. The third kappa shape index (κ3) is 4.38. The van der Waals surface area contributed by atoms with Gasteiger partial charge in [0.15, 0.2) is 0 Å². The Morgan fingerprint density at radius 2 is 2.05 bits per heavy atom. The molecule has 4 heteroatoms. The topological polar surface area (TPSA) is 64.9 Å². The van der Waals surface area contributed by atoms with Crippen molar-refractivity contribution < 1.29 is 4.79 Å². The molecule has 19 heavy (non-hydrogen) atoms. The molecule has 100 valence electrons. The zero-order valence-corrected chi connectivity index (χ0v) is 11.0. The third-order valence-electron chi connectivity index (χ3n) is 3.53. The minimum absolute atomic E-state index is 0.00314. The second kappa shape index (κ2) is 6.35. The number of nitrogens with zero attached hydrogens (tertiary/aromatic N) is 1. The average molecular weight is 257 g/mol. The second-order valence-corrected chi connectivity index (χ2v) is 5.20. The van der Waals surface area contributed by atoms with E-state index in [4.69, 9.17) is 5.26 Å². The van der Waals surface area contributed by atoms with Crippen molar-refractivity contribution in [1.29, 1.82) is 5.26 Å². The Morgan fingerprint density at radius 3 is 2.68 bits per heavy atom. The molecule has 4 nitrogen and oxygen atoms in total. The van der Waals surface area contributed by atoms with Gasteiger partial charge in [0.1, 0.15) is 0 Å². The summed E-state index contributed by atoms with van der Waals surface area (Å²) in [4.78, 5) is 11.6. The van der Waals surface area contributed by atoms with Crippen molar-refractivity contribution in [1.82, 2.24) is 10.6 Å². The van der Waals surface area contributed by atoms with Gasteiger partial charge in [0.2, 0.25) is 5.91 Å². The van der Waals surface area contributed by atoms with E-state index in [9.17, 15) is 4.79 Å². The first-order valence-electron chi connectivity index (χ1n) is 6.62. The molecule has 1 fully saturated rings. The van der Waals surface area contributed by atoms with Gasteiger partial charge >= 0.3 is 0 Å². The minimum Gasteiger partial charge on any atom is -0.351 e. The Balaban J connectivity index is 1.62. The van der Waals surface area contributed by atoms with Gasteiger partial charge in [-0.3, -0.25) is 4.79 Å². The molecule has 0 saturated heterocycles. The monoisotopic (exact) mass is 257 g/mol. The Kier molecular flexibility index (Phi) is 4.53. The van der Waals surface area contributed by atoms with E-state index >= 15 is 0 Å². The predicted molar refractivity (Wildman–Crippen MR) is 73.1 cm³/mol. The molecule has 1 aliphatic carbocycles. The molecule has 0 atom stereocenters. The number of hydrogen-bond acceptors (Lipinski definition) is 3. The molecule has 1 aromatic carbocycles. The van der Waals surface area contributed by atoms with Gasteiger partial charge in [0.05, 0.1) is 12.6 Å². The van der Waals surface area contributed by atoms with Crippen molar-refractivity contribution in [2.75, 3.05) is 13.1 Å². The van der Waals surface area contributed by atoms with Crippen LogP contribution >= 0.6 is 0 Å². The fourth-order valence-electron chi connectivity index (χ4n) is 2.06. The lowest BCUT2D eigenvalue weighted by atomic mass is 10.0. The maximum atomic E-state index is 11.6. The van der Waals surface area contributed by atoms with E-state index in [2.05, 4.69) is 16.7 Å². The van der Waals surface area contributed by atoms with Crippen LogP contribution in [0, 0.1) is 16.7 Å². The van der Waals surface area contributed by atoms with Gasteiger partial charge in [-0.25, -0.2) is 0 Å². The van der Waals surface area contributed by atoms with Crippen molar-refractivity contribution in [3.05, 3.63) is 35.9 Å². The molecule has 1 aromatic rings. The highest BCUT2D eigenvalue weighted by Gasteiger charge is 2.41. The summed E-state index contributed by atoms with van der Waals surface area (Å²) in [5, 5.41) is 14.7. The zero-order valence-electron chi connectivity index (χ0n) is 11.0. The summed E-state index contributed by atoms with van der Waals surface area (Å²) in [5.74, 6) is -0.00314. The SMILES string of the molecule is N#CCC1(CNCC(=O)NCc2ccccc2)CC1. The molecule has 0 heterocycles. The molecule has 1 saturated carbocycles. The molecular weight excluding hydrogens is 238 g/mol. The largest absolute Gasteiger partial charge is 0.351 e. The van der Waals surface area contributed by atoms with Gasteiger partial charge in [0, 0.05) is 19.5 Å². The van der Waals surface area contributed by atoms with E-state index in [0.29, 0.717) is 19.5 Å². The van der Waals surface area contributed by atoms with Crippen LogP contribution < -0.4 is 10.6 Å². The number of amides is 1. The van der Waals surface area contributed by atoms with Gasteiger partial charge < -0.3 is 10.6 Å². The fourth-order valence-corrected chi connectivity index (χ4v) is 2.06. The molecule has 0 radical (unpaired) electrons. The predicted octanol–water partition coefficient (Wildman–Crippen LogP) is 1.59. The van der Waals surface area contributed by atoms with Gasteiger partial charge in [-0.05, 0) is 23.8 Å². The van der Waals surface area contributed by atoms with Crippen LogP contribution in [-0.4, -0.2) is 19.0 Å². The number of rotatable bonds is 7.